The fraction of sp³-hybridized carbons (Fsp3) is 0.400. The molecule has 0 aromatic carbocycles. The number of hydrogen-bond donors (Lipinski definition) is 3. The van der Waals surface area contributed by atoms with Crippen molar-refractivity contribution in [2.75, 3.05) is 28.6 Å². The van der Waals surface area contributed by atoms with E-state index in [0.717, 1.165) is 34.3 Å². The zero-order chi connectivity index (χ0) is 24.7. The number of nitrogens with zero attached hydrogens (tertiary/aromatic N) is 3. The second kappa shape index (κ2) is 10.5. The van der Waals surface area contributed by atoms with Gasteiger partial charge in [-0.2, -0.15) is 0 Å². The molecule has 14 nitrogen and oxygen atoms in total. The molecule has 0 spiro atoms. The third-order valence-electron chi connectivity index (χ3n) is 4.39. The summed E-state index contributed by atoms with van der Waals surface area (Å²) < 4.78 is 47.0. The Bertz CT molecular complexity index is 1310. The number of aliphatic carboxylic acids is 1. The van der Waals surface area contributed by atoms with Crippen molar-refractivity contribution < 1.29 is 71.1 Å². The van der Waals surface area contributed by atoms with Crippen LogP contribution >= 0.6 is 23.1 Å². The van der Waals surface area contributed by atoms with E-state index in [2.05, 4.69) is 15.5 Å². The van der Waals surface area contributed by atoms with Crippen molar-refractivity contribution in [3.8, 4) is 0 Å². The standard InChI is InChI=1S/C15H17N5O9S4.Na/c1-32(26,27)5-33(28,29)4-6-2-30-13-9(12(22)20(13)10(6)14(23)24)18-11(21)8(19-25)7-3-31-15(16)17-7;/h3,9,13,25H,2,4-5H2,1H3,(H2,16,17)(H,18,21)(H,23,24);/q;+1/p-1/b19-8-;/t9?,13-;/m1./s1. The Morgan fingerprint density at radius 3 is 2.53 bits per heavy atom. The summed E-state index contributed by atoms with van der Waals surface area (Å²) in [5, 5.41) is 25.4. The molecule has 0 aliphatic carbocycles. The summed E-state index contributed by atoms with van der Waals surface area (Å²) in [6, 6.07) is -1.21. The number of carbonyl (C=O) groups excluding carboxylic acids is 3. The first-order chi connectivity index (χ1) is 15.2. The number of oxime groups is 1. The molecule has 1 fully saturated rings. The Labute approximate surface area is 223 Å². The maximum atomic E-state index is 12.6. The number of carbonyl (C=O) groups is 3. The normalized spacial score (nSPS) is 20.8. The van der Waals surface area contributed by atoms with Crippen LogP contribution in [0.1, 0.15) is 5.69 Å². The van der Waals surface area contributed by atoms with E-state index in [0.29, 0.717) is 0 Å². The number of nitrogens with one attached hydrogen (secondary N) is 1. The number of fused-ring (bicyclic) bond motifs is 1. The molecular weight excluding hydrogens is 545 g/mol. The van der Waals surface area contributed by atoms with Crippen molar-refractivity contribution in [3.05, 3.63) is 22.3 Å². The number of aromatic nitrogens is 1. The van der Waals surface area contributed by atoms with Crippen molar-refractivity contribution in [1.29, 1.82) is 0 Å². The Kier molecular flexibility index (Phi) is 8.82. The number of sulfone groups is 2. The zero-order valence-electron chi connectivity index (χ0n) is 17.6. The van der Waals surface area contributed by atoms with Crippen molar-refractivity contribution in [2.45, 2.75) is 11.4 Å². The first-order valence-electron chi connectivity index (χ1n) is 8.74. The molecule has 0 saturated carbocycles. The second-order valence-corrected chi connectivity index (χ2v) is 13.6. The van der Waals surface area contributed by atoms with Crippen LogP contribution in [0.5, 0.6) is 0 Å². The van der Waals surface area contributed by atoms with E-state index < -0.39 is 71.1 Å². The summed E-state index contributed by atoms with van der Waals surface area (Å²) >= 11 is 1.95. The third-order valence-corrected chi connectivity index (χ3v) is 10.3. The summed E-state index contributed by atoms with van der Waals surface area (Å²) in [6.07, 6.45) is 0.723. The number of thiazole rings is 1. The van der Waals surface area contributed by atoms with Gasteiger partial charge in [-0.25, -0.2) is 21.8 Å². The molecule has 180 valence electrons. The predicted molar refractivity (Wildman–Crippen MR) is 115 cm³/mol. The predicted octanol–water partition coefficient (Wildman–Crippen LogP) is -6.27. The third kappa shape index (κ3) is 6.10. The van der Waals surface area contributed by atoms with Gasteiger partial charge in [0.25, 0.3) is 11.8 Å². The molecule has 1 unspecified atom stereocenters. The summed E-state index contributed by atoms with van der Waals surface area (Å²) in [7, 11) is -8.13. The molecule has 2 aliphatic rings. The number of rotatable bonds is 8. The molecule has 1 saturated heterocycles. The number of hydrogen-bond acceptors (Lipinski definition) is 14. The number of carboxylic acid groups (broad SMARTS) is 1. The van der Waals surface area contributed by atoms with E-state index >= 15 is 0 Å². The Morgan fingerprint density at radius 2 is 2.03 bits per heavy atom. The van der Waals surface area contributed by atoms with Gasteiger partial charge in [0.2, 0.25) is 0 Å². The number of β-lactam (4-membered cyclic amide) rings is 1. The van der Waals surface area contributed by atoms with Gasteiger partial charge in [-0.3, -0.25) is 14.5 Å². The molecular formula is C15H16N5NaO9S4. The van der Waals surface area contributed by atoms with Gasteiger partial charge >= 0.3 is 29.6 Å². The smallest absolute Gasteiger partial charge is 0.543 e. The average molecular weight is 562 g/mol. The van der Waals surface area contributed by atoms with Crippen LogP contribution < -0.4 is 45.7 Å². The first kappa shape index (κ1) is 28.5. The van der Waals surface area contributed by atoms with Crippen LogP contribution in [0.25, 0.3) is 0 Å². The Balaban J connectivity index is 0.00000408. The minimum Gasteiger partial charge on any atom is -0.543 e. The van der Waals surface area contributed by atoms with Gasteiger partial charge in [-0.15, -0.1) is 23.1 Å². The van der Waals surface area contributed by atoms with Gasteiger partial charge in [0.05, 0.1) is 17.4 Å². The van der Waals surface area contributed by atoms with E-state index in [1.165, 1.54) is 5.38 Å². The zero-order valence-corrected chi connectivity index (χ0v) is 22.9. The van der Waals surface area contributed by atoms with Crippen LogP contribution in [0.15, 0.2) is 21.8 Å². The van der Waals surface area contributed by atoms with E-state index in [4.69, 9.17) is 10.9 Å². The van der Waals surface area contributed by atoms with Gasteiger partial charge in [0.15, 0.2) is 35.6 Å². The molecule has 2 amide bonds. The molecule has 2 atom stereocenters. The SMILES string of the molecule is CS(=O)(=O)CS(=O)(=O)CC1=C(C(=O)[O-])N2C(=O)C(NC(=O)/C(=N\O)c3csc(N)n3)[C@H]2SC1.[Na+]. The summed E-state index contributed by atoms with van der Waals surface area (Å²) in [4.78, 5) is 41.4. The average Bonchev–Trinajstić information content (AvgIpc) is 3.09. The Morgan fingerprint density at radius 1 is 1.38 bits per heavy atom. The molecule has 34 heavy (non-hydrogen) atoms. The fourth-order valence-corrected chi connectivity index (χ4v) is 8.97. The number of anilines is 1. The van der Waals surface area contributed by atoms with E-state index in [9.17, 15) is 36.3 Å². The van der Waals surface area contributed by atoms with E-state index in [1.54, 1.807) is 0 Å². The van der Waals surface area contributed by atoms with Gasteiger partial charge in [0.1, 0.15) is 17.1 Å². The van der Waals surface area contributed by atoms with E-state index in [1.807, 2.05) is 0 Å². The summed E-state index contributed by atoms with van der Waals surface area (Å²) in [5.41, 5.74) is 4.05. The number of amides is 2. The molecule has 3 heterocycles. The maximum absolute atomic E-state index is 12.6. The minimum atomic E-state index is -4.23. The van der Waals surface area contributed by atoms with Crippen LogP contribution in [-0.4, -0.2) is 89.7 Å². The van der Waals surface area contributed by atoms with Gasteiger partial charge in [0, 0.05) is 17.4 Å². The molecule has 19 heteroatoms. The molecule has 1 aromatic rings. The quantitative estimate of drug-likeness (QED) is 0.0885. The van der Waals surface area contributed by atoms with E-state index in [-0.39, 0.29) is 51.7 Å². The molecule has 3 rings (SSSR count). The largest absolute Gasteiger partial charge is 1.00 e. The van der Waals surface area contributed by atoms with Crippen LogP contribution in [-0.2, 0) is 34.1 Å². The molecule has 2 aliphatic heterocycles. The van der Waals surface area contributed by atoms with Crippen LogP contribution in [0.3, 0.4) is 0 Å². The molecule has 0 radical (unpaired) electrons. The second-order valence-electron chi connectivity index (χ2n) is 7.05. The van der Waals surface area contributed by atoms with Crippen LogP contribution in [0, 0.1) is 0 Å². The van der Waals surface area contributed by atoms with Crippen LogP contribution in [0.4, 0.5) is 5.13 Å². The summed E-state index contributed by atoms with van der Waals surface area (Å²) in [6.45, 7) is 0. The fourth-order valence-electron chi connectivity index (χ4n) is 3.23. The monoisotopic (exact) mass is 561 g/mol. The van der Waals surface area contributed by atoms with Crippen molar-refractivity contribution in [1.82, 2.24) is 15.2 Å². The van der Waals surface area contributed by atoms with Gasteiger partial charge in [-0.05, 0) is 5.57 Å². The van der Waals surface area contributed by atoms with Crippen molar-refractivity contribution >= 4 is 71.4 Å². The number of nitrogens with two attached hydrogens (primary N) is 1. The van der Waals surface area contributed by atoms with Crippen LogP contribution in [0.2, 0.25) is 0 Å². The van der Waals surface area contributed by atoms with Crippen molar-refractivity contribution in [3.63, 3.8) is 0 Å². The van der Waals surface area contributed by atoms with Gasteiger partial charge < -0.3 is 26.2 Å². The van der Waals surface area contributed by atoms with Crippen molar-refractivity contribution in [2.24, 2.45) is 5.16 Å². The minimum absolute atomic E-state index is 0. The summed E-state index contributed by atoms with van der Waals surface area (Å²) in [5.74, 6) is -4.72. The maximum Gasteiger partial charge on any atom is 1.00 e. The molecule has 1 aromatic heterocycles. The Hall–Kier alpha value is -1.70. The molecule has 0 bridgehead atoms. The number of thioether (sulfide) groups is 1. The number of carboxylic acids is 1. The van der Waals surface area contributed by atoms with Gasteiger partial charge in [-0.1, -0.05) is 5.16 Å². The number of nitrogen functional groups attached to an aromatic ring is 1. The topological polar surface area (TPSA) is 229 Å². The molecule has 4 N–H and O–H groups in total. The first-order valence-corrected chi connectivity index (χ1v) is 14.6.